The van der Waals surface area contributed by atoms with Gasteiger partial charge in [-0.3, -0.25) is 13.9 Å². The van der Waals surface area contributed by atoms with Crippen LogP contribution < -0.4 is 14.4 Å². The molecule has 3 rings (SSSR count). The number of aryl methyl sites for hydroxylation is 1. The van der Waals surface area contributed by atoms with Crippen LogP contribution in [0.1, 0.15) is 37.8 Å². The molecule has 0 saturated carbocycles. The van der Waals surface area contributed by atoms with Crippen molar-refractivity contribution in [3.05, 3.63) is 88.4 Å². The van der Waals surface area contributed by atoms with E-state index in [2.05, 4.69) is 21.2 Å². The summed E-state index contributed by atoms with van der Waals surface area (Å²) in [5.41, 5.74) is 1.93. The number of rotatable bonds is 13. The zero-order valence-corrected chi connectivity index (χ0v) is 25.7. The molecular weight excluding hydrogens is 594 g/mol. The van der Waals surface area contributed by atoms with Crippen molar-refractivity contribution in [2.75, 3.05) is 24.5 Å². The second-order valence-electron chi connectivity index (χ2n) is 9.47. The summed E-state index contributed by atoms with van der Waals surface area (Å²) in [6.07, 6.45) is 1.73. The maximum absolute atomic E-state index is 14.0. The Hall–Kier alpha value is -3.37. The summed E-state index contributed by atoms with van der Waals surface area (Å²) in [5.74, 6) is -0.525. The largest absolute Gasteiger partial charge is 0.495 e. The number of hydrogen-bond acceptors (Lipinski definition) is 5. The minimum atomic E-state index is -4.17. The summed E-state index contributed by atoms with van der Waals surface area (Å²) in [4.78, 5) is 28.5. The van der Waals surface area contributed by atoms with Gasteiger partial charge in [-0.25, -0.2) is 8.42 Å². The van der Waals surface area contributed by atoms with Gasteiger partial charge in [-0.2, -0.15) is 0 Å². The summed E-state index contributed by atoms with van der Waals surface area (Å²) >= 11 is 3.42. The van der Waals surface area contributed by atoms with Gasteiger partial charge in [-0.05, 0) is 62.2 Å². The number of nitrogens with one attached hydrogen (secondary N) is 1. The van der Waals surface area contributed by atoms with Crippen LogP contribution in [0.4, 0.5) is 5.69 Å². The molecule has 2 amide bonds. The van der Waals surface area contributed by atoms with Gasteiger partial charge in [0.15, 0.2) is 0 Å². The van der Waals surface area contributed by atoms with E-state index in [9.17, 15) is 18.0 Å². The third kappa shape index (κ3) is 7.85. The lowest BCUT2D eigenvalue weighted by Crippen LogP contribution is -2.51. The highest BCUT2D eigenvalue weighted by Gasteiger charge is 2.33. The van der Waals surface area contributed by atoms with E-state index in [1.54, 1.807) is 43.3 Å². The third-order valence-electron chi connectivity index (χ3n) is 6.50. The molecule has 0 saturated heterocycles. The molecule has 1 unspecified atom stereocenters. The molecule has 0 aromatic heterocycles. The Morgan fingerprint density at radius 1 is 1.00 bits per heavy atom. The first-order valence-electron chi connectivity index (χ1n) is 13.1. The first-order chi connectivity index (χ1) is 19.1. The van der Waals surface area contributed by atoms with Crippen molar-refractivity contribution in [1.82, 2.24) is 10.2 Å². The van der Waals surface area contributed by atoms with Crippen LogP contribution in [0.2, 0.25) is 0 Å². The molecule has 10 heteroatoms. The molecule has 0 fully saturated rings. The lowest BCUT2D eigenvalue weighted by molar-refractivity contribution is -0.139. The van der Waals surface area contributed by atoms with Gasteiger partial charge in [0.25, 0.3) is 10.0 Å². The topological polar surface area (TPSA) is 96.0 Å². The van der Waals surface area contributed by atoms with Gasteiger partial charge < -0.3 is 15.0 Å². The average Bonchev–Trinajstić information content (AvgIpc) is 2.95. The second-order valence-corrected chi connectivity index (χ2v) is 12.2. The maximum atomic E-state index is 14.0. The molecule has 214 valence electrons. The first kappa shape index (κ1) is 31.2. The summed E-state index contributed by atoms with van der Waals surface area (Å²) in [6, 6.07) is 19.7. The summed E-state index contributed by atoms with van der Waals surface area (Å²) < 4.78 is 35.3. The molecule has 0 bridgehead atoms. The number of sulfonamides is 1. The molecule has 0 spiro atoms. The van der Waals surface area contributed by atoms with Gasteiger partial charge in [0.2, 0.25) is 11.8 Å². The normalized spacial score (nSPS) is 11.9. The standard InChI is InChI=1S/C30H36BrN3O5S/c1-5-6-19-32-30(36)23(3)33(20-24-13-15-25(31)16-14-24)29(35)21-34(27-9-7-8-10-28(27)39-4)40(37,38)26-17-11-22(2)12-18-26/h7-18,23H,5-6,19-21H2,1-4H3,(H,32,36). The molecule has 0 aliphatic rings. The minimum Gasteiger partial charge on any atom is -0.495 e. The second kappa shape index (κ2) is 14.3. The molecule has 0 radical (unpaired) electrons. The number of anilines is 1. The number of halogens is 1. The molecular formula is C30H36BrN3O5S. The Morgan fingerprint density at radius 2 is 1.65 bits per heavy atom. The van der Waals surface area contributed by atoms with Crippen LogP contribution in [0.5, 0.6) is 5.75 Å². The summed E-state index contributed by atoms with van der Waals surface area (Å²) in [7, 11) is -2.73. The van der Waals surface area contributed by atoms with E-state index < -0.39 is 28.5 Å². The molecule has 1 N–H and O–H groups in total. The van der Waals surface area contributed by atoms with Crippen molar-refractivity contribution in [3.63, 3.8) is 0 Å². The number of hydrogen-bond donors (Lipinski definition) is 1. The fourth-order valence-electron chi connectivity index (χ4n) is 4.09. The van der Waals surface area contributed by atoms with E-state index in [1.165, 1.54) is 24.1 Å². The molecule has 0 heterocycles. The molecule has 1 atom stereocenters. The van der Waals surface area contributed by atoms with Crippen molar-refractivity contribution in [2.45, 2.75) is 51.1 Å². The lowest BCUT2D eigenvalue weighted by Gasteiger charge is -2.32. The zero-order valence-electron chi connectivity index (χ0n) is 23.3. The van der Waals surface area contributed by atoms with Crippen molar-refractivity contribution in [3.8, 4) is 5.75 Å². The van der Waals surface area contributed by atoms with E-state index in [1.807, 2.05) is 38.1 Å². The van der Waals surface area contributed by atoms with Gasteiger partial charge in [0.05, 0.1) is 17.7 Å². The Kier molecular flexibility index (Phi) is 11.2. The lowest BCUT2D eigenvalue weighted by atomic mass is 10.1. The molecule has 0 aliphatic heterocycles. The summed E-state index contributed by atoms with van der Waals surface area (Å²) in [6.45, 7) is 5.64. The van der Waals surface area contributed by atoms with Crippen LogP contribution in [0.3, 0.4) is 0 Å². The predicted octanol–water partition coefficient (Wildman–Crippen LogP) is 5.30. The van der Waals surface area contributed by atoms with Gasteiger partial charge in [-0.1, -0.05) is 71.2 Å². The van der Waals surface area contributed by atoms with E-state index in [0.29, 0.717) is 12.3 Å². The highest BCUT2D eigenvalue weighted by molar-refractivity contribution is 9.10. The van der Waals surface area contributed by atoms with Crippen molar-refractivity contribution >= 4 is 43.5 Å². The molecule has 0 aliphatic carbocycles. The third-order valence-corrected chi connectivity index (χ3v) is 8.81. The summed E-state index contributed by atoms with van der Waals surface area (Å²) in [5, 5.41) is 2.89. The van der Waals surface area contributed by atoms with Crippen LogP contribution >= 0.6 is 15.9 Å². The van der Waals surface area contributed by atoms with Crippen LogP contribution in [0.25, 0.3) is 0 Å². The number of carbonyl (C=O) groups is 2. The van der Waals surface area contributed by atoms with Crippen LogP contribution in [-0.4, -0.2) is 51.4 Å². The quantitative estimate of drug-likeness (QED) is 0.259. The van der Waals surface area contributed by atoms with Gasteiger partial charge in [0, 0.05) is 17.6 Å². The van der Waals surface area contributed by atoms with Gasteiger partial charge in [0.1, 0.15) is 18.3 Å². The monoisotopic (exact) mass is 629 g/mol. The zero-order chi connectivity index (χ0) is 29.3. The van der Waals surface area contributed by atoms with Crippen LogP contribution in [-0.2, 0) is 26.2 Å². The number of carbonyl (C=O) groups excluding carboxylic acids is 2. The highest BCUT2D eigenvalue weighted by atomic mass is 79.9. The smallest absolute Gasteiger partial charge is 0.264 e. The van der Waals surface area contributed by atoms with Crippen molar-refractivity contribution < 1.29 is 22.7 Å². The van der Waals surface area contributed by atoms with E-state index >= 15 is 0 Å². The Morgan fingerprint density at radius 3 is 2.27 bits per heavy atom. The van der Waals surface area contributed by atoms with Gasteiger partial charge in [-0.15, -0.1) is 0 Å². The van der Waals surface area contributed by atoms with E-state index in [4.69, 9.17) is 4.74 Å². The SMILES string of the molecule is CCCCNC(=O)C(C)N(Cc1ccc(Br)cc1)C(=O)CN(c1ccccc1OC)S(=O)(=O)c1ccc(C)cc1. The molecule has 3 aromatic rings. The Labute approximate surface area is 245 Å². The molecule has 8 nitrogen and oxygen atoms in total. The number of para-hydroxylation sites is 2. The van der Waals surface area contributed by atoms with E-state index in [-0.39, 0.29) is 23.0 Å². The Balaban J connectivity index is 2.03. The van der Waals surface area contributed by atoms with Crippen LogP contribution in [0, 0.1) is 6.92 Å². The number of nitrogens with zero attached hydrogens (tertiary/aromatic N) is 2. The number of methoxy groups -OCH3 is 1. The number of ether oxygens (including phenoxy) is 1. The Bertz CT molecular complexity index is 1400. The number of amides is 2. The fraction of sp³-hybridized carbons (Fsp3) is 0.333. The first-order valence-corrected chi connectivity index (χ1v) is 15.4. The predicted molar refractivity (Wildman–Crippen MR) is 161 cm³/mol. The highest BCUT2D eigenvalue weighted by Crippen LogP contribution is 2.32. The van der Waals surface area contributed by atoms with Crippen molar-refractivity contribution in [2.24, 2.45) is 0 Å². The van der Waals surface area contributed by atoms with Gasteiger partial charge >= 0.3 is 0 Å². The number of unbranched alkanes of at least 4 members (excludes halogenated alkanes) is 1. The molecule has 3 aromatic carbocycles. The maximum Gasteiger partial charge on any atom is 0.264 e. The van der Waals surface area contributed by atoms with E-state index in [0.717, 1.165) is 32.7 Å². The fourth-order valence-corrected chi connectivity index (χ4v) is 5.78. The van der Waals surface area contributed by atoms with Crippen molar-refractivity contribution in [1.29, 1.82) is 0 Å². The number of benzene rings is 3. The average molecular weight is 631 g/mol. The van der Waals surface area contributed by atoms with Crippen LogP contribution in [0.15, 0.2) is 82.2 Å². The minimum absolute atomic E-state index is 0.0432. The molecule has 40 heavy (non-hydrogen) atoms.